The molecule has 0 atom stereocenters. The predicted molar refractivity (Wildman–Crippen MR) is 73.9 cm³/mol. The van der Waals surface area contributed by atoms with Crippen LogP contribution in [0.1, 0.15) is 43.0 Å². The molecule has 0 spiro atoms. The van der Waals surface area contributed by atoms with Gasteiger partial charge in [-0.3, -0.25) is 4.79 Å². The summed E-state index contributed by atoms with van der Waals surface area (Å²) in [7, 11) is 0. The lowest BCUT2D eigenvalue weighted by atomic mass is 10.1. The van der Waals surface area contributed by atoms with Crippen molar-refractivity contribution in [2.75, 3.05) is 19.8 Å². The number of nitrogens with one attached hydrogen (secondary N) is 1. The summed E-state index contributed by atoms with van der Waals surface area (Å²) < 4.78 is 10.9. The fourth-order valence-corrected chi connectivity index (χ4v) is 2.04. The van der Waals surface area contributed by atoms with Crippen molar-refractivity contribution in [3.63, 3.8) is 0 Å². The summed E-state index contributed by atoms with van der Waals surface area (Å²) in [6.07, 6.45) is 4.62. The fourth-order valence-electron chi connectivity index (χ4n) is 2.04. The van der Waals surface area contributed by atoms with E-state index in [9.17, 15) is 4.79 Å². The van der Waals surface area contributed by atoms with E-state index in [1.165, 1.54) is 12.8 Å². The van der Waals surface area contributed by atoms with Gasteiger partial charge >= 0.3 is 0 Å². The van der Waals surface area contributed by atoms with Gasteiger partial charge in [-0.05, 0) is 24.6 Å². The number of carbonyl (C=O) groups excluding carboxylic acids is 1. The number of hydrogen-bond acceptors (Lipinski definition) is 3. The molecule has 1 aliphatic heterocycles. The molecule has 0 unspecified atom stereocenters. The molecule has 0 saturated carbocycles. The summed E-state index contributed by atoms with van der Waals surface area (Å²) >= 11 is 0. The van der Waals surface area contributed by atoms with Crippen molar-refractivity contribution in [2.24, 2.45) is 0 Å². The van der Waals surface area contributed by atoms with E-state index >= 15 is 0 Å². The van der Waals surface area contributed by atoms with Gasteiger partial charge < -0.3 is 14.8 Å². The van der Waals surface area contributed by atoms with Gasteiger partial charge in [-0.25, -0.2) is 0 Å². The maximum atomic E-state index is 12.0. The summed E-state index contributed by atoms with van der Waals surface area (Å²) in [6.45, 7) is 4.01. The van der Waals surface area contributed by atoms with E-state index in [1.807, 2.05) is 0 Å². The predicted octanol–water partition coefficient (Wildman–Crippen LogP) is 2.77. The van der Waals surface area contributed by atoms with Gasteiger partial charge in [-0.2, -0.15) is 0 Å². The second-order valence-electron chi connectivity index (χ2n) is 4.67. The van der Waals surface area contributed by atoms with Gasteiger partial charge in [0, 0.05) is 12.1 Å². The summed E-state index contributed by atoms with van der Waals surface area (Å²) in [4.78, 5) is 12.0. The highest BCUT2D eigenvalue weighted by Gasteiger charge is 2.14. The Kier molecular flexibility index (Phi) is 5.07. The monoisotopic (exact) mass is 263 g/mol. The van der Waals surface area contributed by atoms with Crippen LogP contribution in [0.2, 0.25) is 0 Å². The Morgan fingerprint density at radius 3 is 2.74 bits per heavy atom. The highest BCUT2D eigenvalue weighted by molar-refractivity contribution is 5.94. The van der Waals surface area contributed by atoms with Gasteiger partial charge in [0.05, 0.1) is 0 Å². The van der Waals surface area contributed by atoms with Crippen molar-refractivity contribution in [3.8, 4) is 11.5 Å². The molecule has 19 heavy (non-hydrogen) atoms. The Labute approximate surface area is 114 Å². The zero-order valence-corrected chi connectivity index (χ0v) is 11.4. The molecule has 1 N–H and O–H groups in total. The number of ether oxygens (including phenoxy) is 2. The van der Waals surface area contributed by atoms with E-state index in [2.05, 4.69) is 12.2 Å². The molecule has 1 amide bonds. The molecule has 104 valence electrons. The van der Waals surface area contributed by atoms with Crippen LogP contribution < -0.4 is 14.8 Å². The van der Waals surface area contributed by atoms with E-state index in [-0.39, 0.29) is 5.91 Å². The second kappa shape index (κ2) is 7.02. The minimum absolute atomic E-state index is 0.0477. The Balaban J connectivity index is 1.85. The number of benzene rings is 1. The lowest BCUT2D eigenvalue weighted by molar-refractivity contribution is 0.0951. The molecular weight excluding hydrogens is 242 g/mol. The maximum Gasteiger partial charge on any atom is 0.251 e. The van der Waals surface area contributed by atoms with Crippen molar-refractivity contribution in [3.05, 3.63) is 23.8 Å². The van der Waals surface area contributed by atoms with Gasteiger partial charge in [-0.1, -0.05) is 26.2 Å². The topological polar surface area (TPSA) is 47.6 Å². The minimum atomic E-state index is -0.0477. The molecular formula is C15H21NO3. The molecule has 1 aromatic carbocycles. The zero-order valence-electron chi connectivity index (χ0n) is 11.4. The van der Waals surface area contributed by atoms with E-state index in [1.54, 1.807) is 18.2 Å². The highest BCUT2D eigenvalue weighted by Crippen LogP contribution is 2.30. The van der Waals surface area contributed by atoms with E-state index in [0.717, 1.165) is 19.4 Å². The number of carbonyl (C=O) groups is 1. The number of hydrogen-bond donors (Lipinski definition) is 1. The lowest BCUT2D eigenvalue weighted by Crippen LogP contribution is -2.24. The number of rotatable bonds is 6. The average Bonchev–Trinajstić information content (AvgIpc) is 2.46. The van der Waals surface area contributed by atoms with Crippen LogP contribution in [0.4, 0.5) is 0 Å². The molecule has 0 aliphatic carbocycles. The van der Waals surface area contributed by atoms with Crippen LogP contribution in [0.15, 0.2) is 18.2 Å². The minimum Gasteiger partial charge on any atom is -0.486 e. The Bertz CT molecular complexity index is 431. The van der Waals surface area contributed by atoms with Crippen molar-refractivity contribution >= 4 is 5.91 Å². The molecule has 0 radical (unpaired) electrons. The summed E-state index contributed by atoms with van der Waals surface area (Å²) in [5.41, 5.74) is 0.625. The number of fused-ring (bicyclic) bond motifs is 1. The molecule has 0 fully saturated rings. The molecule has 0 aromatic heterocycles. The fraction of sp³-hybridized carbons (Fsp3) is 0.533. The van der Waals surface area contributed by atoms with E-state index in [0.29, 0.717) is 30.3 Å². The first-order valence-corrected chi connectivity index (χ1v) is 6.99. The third-order valence-electron chi connectivity index (χ3n) is 3.12. The normalized spacial score (nSPS) is 13.1. The molecule has 0 bridgehead atoms. The average molecular weight is 263 g/mol. The highest BCUT2D eigenvalue weighted by atomic mass is 16.6. The molecule has 0 saturated heterocycles. The second-order valence-corrected chi connectivity index (χ2v) is 4.67. The van der Waals surface area contributed by atoms with Crippen LogP contribution in [0.3, 0.4) is 0 Å². The van der Waals surface area contributed by atoms with Crippen molar-refractivity contribution in [1.29, 1.82) is 0 Å². The number of unbranched alkanes of at least 4 members (excludes halogenated alkanes) is 3. The molecule has 1 aromatic rings. The first-order chi connectivity index (χ1) is 9.31. The third-order valence-corrected chi connectivity index (χ3v) is 3.12. The van der Waals surface area contributed by atoms with Crippen molar-refractivity contribution in [2.45, 2.75) is 32.6 Å². The smallest absolute Gasteiger partial charge is 0.251 e. The Hall–Kier alpha value is -1.71. The maximum absolute atomic E-state index is 12.0. The first kappa shape index (κ1) is 13.7. The van der Waals surface area contributed by atoms with E-state index < -0.39 is 0 Å². The third kappa shape index (κ3) is 3.88. The molecule has 4 nitrogen and oxygen atoms in total. The van der Waals surface area contributed by atoms with Crippen molar-refractivity contribution < 1.29 is 14.3 Å². The van der Waals surface area contributed by atoms with Crippen molar-refractivity contribution in [1.82, 2.24) is 5.32 Å². The summed E-state index contributed by atoms with van der Waals surface area (Å²) in [5, 5.41) is 2.93. The molecule has 1 aliphatic rings. The van der Waals surface area contributed by atoms with E-state index in [4.69, 9.17) is 9.47 Å². The first-order valence-electron chi connectivity index (χ1n) is 6.99. The largest absolute Gasteiger partial charge is 0.486 e. The Morgan fingerprint density at radius 1 is 1.16 bits per heavy atom. The van der Waals surface area contributed by atoms with Gasteiger partial charge in [0.15, 0.2) is 11.5 Å². The van der Waals surface area contributed by atoms with Gasteiger partial charge in [0.25, 0.3) is 5.91 Å². The number of amides is 1. The van der Waals surface area contributed by atoms with Crippen LogP contribution in [-0.2, 0) is 0 Å². The lowest BCUT2D eigenvalue weighted by Gasteiger charge is -2.18. The van der Waals surface area contributed by atoms with Crippen LogP contribution in [0.25, 0.3) is 0 Å². The SMILES string of the molecule is CCCCCCNC(=O)c1ccc2c(c1)OCCO2. The van der Waals surface area contributed by atoms with Gasteiger partial charge in [0.1, 0.15) is 13.2 Å². The quantitative estimate of drug-likeness (QED) is 0.803. The molecule has 1 heterocycles. The van der Waals surface area contributed by atoms with Gasteiger partial charge in [0.2, 0.25) is 0 Å². The van der Waals surface area contributed by atoms with Crippen LogP contribution in [0.5, 0.6) is 11.5 Å². The summed E-state index contributed by atoms with van der Waals surface area (Å²) in [6, 6.07) is 5.31. The molecule has 2 rings (SSSR count). The van der Waals surface area contributed by atoms with Gasteiger partial charge in [-0.15, -0.1) is 0 Å². The zero-order chi connectivity index (χ0) is 13.5. The molecule has 4 heteroatoms. The van der Waals surface area contributed by atoms with Crippen LogP contribution in [0, 0.1) is 0 Å². The Morgan fingerprint density at radius 2 is 1.95 bits per heavy atom. The summed E-state index contributed by atoms with van der Waals surface area (Å²) in [5.74, 6) is 1.32. The standard InChI is InChI=1S/C15H21NO3/c1-2-3-4-5-8-16-15(17)12-6-7-13-14(11-12)19-10-9-18-13/h6-7,11H,2-5,8-10H2,1H3,(H,16,17). The van der Waals surface area contributed by atoms with Crippen LogP contribution >= 0.6 is 0 Å². The van der Waals surface area contributed by atoms with Crippen LogP contribution in [-0.4, -0.2) is 25.7 Å².